The molecule has 0 bridgehead atoms. The van der Waals surface area contributed by atoms with Gasteiger partial charge in [0, 0.05) is 44.4 Å². The Kier molecular flexibility index (Phi) is 7.72. The number of ether oxygens (including phenoxy) is 2. The van der Waals surface area contributed by atoms with Gasteiger partial charge in [0.1, 0.15) is 12.4 Å². The first-order valence-electron chi connectivity index (χ1n) is 8.89. The highest BCUT2D eigenvalue weighted by molar-refractivity contribution is 6.30. The minimum Gasteiger partial charge on any atom is -0.494 e. The van der Waals surface area contributed by atoms with Gasteiger partial charge < -0.3 is 19.3 Å². The molecule has 0 N–H and O–H groups in total. The van der Waals surface area contributed by atoms with Crippen molar-refractivity contribution in [1.82, 2.24) is 9.80 Å². The van der Waals surface area contributed by atoms with Crippen LogP contribution in [0.2, 0.25) is 5.02 Å². The van der Waals surface area contributed by atoms with Gasteiger partial charge in [-0.1, -0.05) is 11.6 Å². The van der Waals surface area contributed by atoms with E-state index in [1.807, 2.05) is 19.1 Å². The zero-order chi connectivity index (χ0) is 19.1. The summed E-state index contributed by atoms with van der Waals surface area (Å²) in [4.78, 5) is 28.3. The molecule has 6 nitrogen and oxygen atoms in total. The third-order valence-corrected chi connectivity index (χ3v) is 4.73. The van der Waals surface area contributed by atoms with Crippen molar-refractivity contribution in [2.24, 2.45) is 5.92 Å². The molecule has 0 aliphatic carbocycles. The number of hydrogen-bond acceptors (Lipinski definition) is 4. The number of benzene rings is 1. The number of carbonyl (C=O) groups is 2. The van der Waals surface area contributed by atoms with E-state index in [0.29, 0.717) is 31.3 Å². The number of carbonyl (C=O) groups excluding carboxylic acids is 2. The fourth-order valence-electron chi connectivity index (χ4n) is 3.23. The van der Waals surface area contributed by atoms with Gasteiger partial charge >= 0.3 is 0 Å². The van der Waals surface area contributed by atoms with Crippen molar-refractivity contribution in [3.8, 4) is 5.75 Å². The van der Waals surface area contributed by atoms with Crippen LogP contribution in [0.5, 0.6) is 5.75 Å². The molecule has 1 aliphatic rings. The van der Waals surface area contributed by atoms with Crippen molar-refractivity contribution in [2.45, 2.75) is 26.3 Å². The monoisotopic (exact) mass is 382 g/mol. The van der Waals surface area contributed by atoms with Gasteiger partial charge in [-0.05, 0) is 38.0 Å². The van der Waals surface area contributed by atoms with Gasteiger partial charge in [-0.2, -0.15) is 0 Å². The number of hydrogen-bond donors (Lipinski definition) is 0. The molecule has 1 aromatic rings. The summed E-state index contributed by atoms with van der Waals surface area (Å²) in [5.74, 6) is 0.504. The predicted molar refractivity (Wildman–Crippen MR) is 100 cm³/mol. The molecule has 0 saturated carbocycles. The van der Waals surface area contributed by atoms with Crippen LogP contribution in [0.25, 0.3) is 0 Å². The van der Waals surface area contributed by atoms with Gasteiger partial charge in [0.05, 0.1) is 12.5 Å². The fraction of sp³-hybridized carbons (Fsp3) is 0.579. The Hall–Kier alpha value is -1.79. The third kappa shape index (κ3) is 5.35. The van der Waals surface area contributed by atoms with Gasteiger partial charge in [-0.15, -0.1) is 0 Å². The molecule has 0 aromatic heterocycles. The summed E-state index contributed by atoms with van der Waals surface area (Å²) in [5.41, 5.74) is 0.873. The zero-order valence-electron chi connectivity index (χ0n) is 15.7. The van der Waals surface area contributed by atoms with Crippen molar-refractivity contribution in [1.29, 1.82) is 0 Å². The van der Waals surface area contributed by atoms with E-state index in [9.17, 15) is 9.59 Å². The second-order valence-corrected chi connectivity index (χ2v) is 6.93. The highest BCUT2D eigenvalue weighted by Gasteiger charge is 2.30. The first kappa shape index (κ1) is 20.5. The van der Waals surface area contributed by atoms with Crippen LogP contribution in [0.4, 0.5) is 0 Å². The van der Waals surface area contributed by atoms with Gasteiger partial charge in [-0.25, -0.2) is 0 Å². The van der Waals surface area contributed by atoms with Gasteiger partial charge in [0.15, 0.2) is 0 Å². The van der Waals surface area contributed by atoms with Crippen molar-refractivity contribution in [3.63, 3.8) is 0 Å². The van der Waals surface area contributed by atoms with Crippen molar-refractivity contribution >= 4 is 23.4 Å². The second kappa shape index (κ2) is 9.78. The highest BCUT2D eigenvalue weighted by Crippen LogP contribution is 2.26. The Morgan fingerprint density at radius 2 is 2.15 bits per heavy atom. The lowest BCUT2D eigenvalue weighted by Gasteiger charge is -2.34. The smallest absolute Gasteiger partial charge is 0.248 e. The third-order valence-electron chi connectivity index (χ3n) is 4.50. The topological polar surface area (TPSA) is 59.1 Å². The molecule has 2 rings (SSSR count). The summed E-state index contributed by atoms with van der Waals surface area (Å²) < 4.78 is 10.5. The Morgan fingerprint density at radius 1 is 1.38 bits per heavy atom. The van der Waals surface area contributed by atoms with Crippen molar-refractivity contribution in [3.05, 3.63) is 28.8 Å². The van der Waals surface area contributed by atoms with Crippen molar-refractivity contribution < 1.29 is 19.1 Å². The second-order valence-electron chi connectivity index (χ2n) is 6.49. The van der Waals surface area contributed by atoms with Crippen LogP contribution in [-0.4, -0.2) is 62.1 Å². The maximum absolute atomic E-state index is 12.9. The molecule has 144 valence electrons. The largest absolute Gasteiger partial charge is 0.494 e. The molecule has 26 heavy (non-hydrogen) atoms. The number of amides is 2. The van der Waals surface area contributed by atoms with Gasteiger partial charge in [0.25, 0.3) is 0 Å². The average molecular weight is 383 g/mol. The first-order valence-corrected chi connectivity index (χ1v) is 9.27. The first-order chi connectivity index (χ1) is 12.5. The van der Waals surface area contributed by atoms with E-state index in [-0.39, 0.29) is 24.3 Å². The Bertz CT molecular complexity index is 638. The number of methoxy groups -OCH3 is 1. The molecule has 1 saturated heterocycles. The van der Waals surface area contributed by atoms with Gasteiger partial charge in [-0.3, -0.25) is 9.59 Å². The molecular formula is C19H27ClN2O4. The molecule has 1 atom stereocenters. The quantitative estimate of drug-likeness (QED) is 0.727. The van der Waals surface area contributed by atoms with E-state index in [2.05, 4.69) is 0 Å². The van der Waals surface area contributed by atoms with Crippen LogP contribution in [-0.2, 0) is 20.9 Å². The molecule has 2 amide bonds. The van der Waals surface area contributed by atoms with Crippen molar-refractivity contribution in [2.75, 3.05) is 40.5 Å². The normalized spacial score (nSPS) is 17.1. The minimum absolute atomic E-state index is 0.0299. The van der Waals surface area contributed by atoms with E-state index >= 15 is 0 Å². The van der Waals surface area contributed by atoms with Crippen LogP contribution in [0.3, 0.4) is 0 Å². The summed E-state index contributed by atoms with van der Waals surface area (Å²) in [7, 11) is 3.27. The molecule has 7 heteroatoms. The van der Waals surface area contributed by atoms with Crippen LogP contribution < -0.4 is 4.74 Å². The maximum Gasteiger partial charge on any atom is 0.248 e. The number of likely N-dealkylation sites (tertiary alicyclic amines) is 1. The van der Waals surface area contributed by atoms with Crippen LogP contribution in [0, 0.1) is 5.92 Å². The minimum atomic E-state index is -0.190. The Morgan fingerprint density at radius 3 is 2.85 bits per heavy atom. The lowest BCUT2D eigenvalue weighted by atomic mass is 9.96. The average Bonchev–Trinajstić information content (AvgIpc) is 2.63. The van der Waals surface area contributed by atoms with E-state index in [1.54, 1.807) is 22.9 Å². The molecule has 1 aromatic carbocycles. The molecule has 0 unspecified atom stereocenters. The lowest BCUT2D eigenvalue weighted by molar-refractivity contribution is -0.142. The van der Waals surface area contributed by atoms with Crippen LogP contribution >= 0.6 is 11.6 Å². The summed E-state index contributed by atoms with van der Waals surface area (Å²) in [6.45, 7) is 4.05. The van der Waals surface area contributed by atoms with Crippen LogP contribution in [0.15, 0.2) is 18.2 Å². The maximum atomic E-state index is 12.9. The number of rotatable bonds is 7. The number of nitrogens with zero attached hydrogens (tertiary/aromatic N) is 2. The van der Waals surface area contributed by atoms with Crippen LogP contribution in [0.1, 0.15) is 25.3 Å². The summed E-state index contributed by atoms with van der Waals surface area (Å²) in [5, 5.41) is 0.610. The molecule has 0 spiro atoms. The predicted octanol–water partition coefficient (Wildman–Crippen LogP) is 2.58. The summed E-state index contributed by atoms with van der Waals surface area (Å²) in [6, 6.07) is 5.43. The van der Waals surface area contributed by atoms with E-state index in [1.165, 1.54) is 7.11 Å². The zero-order valence-corrected chi connectivity index (χ0v) is 16.4. The molecule has 1 fully saturated rings. The molecule has 1 heterocycles. The SMILES string of the molecule is CCOc1ccc(Cl)cc1CN(C)C(=O)[C@H]1CCCN(C(=O)COC)C1. The van der Waals surface area contributed by atoms with Gasteiger partial charge in [0.2, 0.25) is 11.8 Å². The highest BCUT2D eigenvalue weighted by atomic mass is 35.5. The number of halogens is 1. The van der Waals surface area contributed by atoms with E-state index in [4.69, 9.17) is 21.1 Å². The summed E-state index contributed by atoms with van der Waals surface area (Å²) >= 11 is 6.10. The standard InChI is InChI=1S/C19H27ClN2O4/c1-4-26-17-8-7-16(20)10-15(17)11-21(2)19(24)14-6-5-9-22(12-14)18(23)13-25-3/h7-8,10,14H,4-6,9,11-13H2,1-3H3/t14-/m0/s1. The number of piperidine rings is 1. The molecule has 1 aliphatic heterocycles. The molecule has 0 radical (unpaired) electrons. The lowest BCUT2D eigenvalue weighted by Crippen LogP contribution is -2.46. The molecular weight excluding hydrogens is 356 g/mol. The fourth-order valence-corrected chi connectivity index (χ4v) is 3.43. The Labute approximate surface area is 160 Å². The van der Waals surface area contributed by atoms with E-state index in [0.717, 1.165) is 24.2 Å². The summed E-state index contributed by atoms with van der Waals surface area (Å²) in [6.07, 6.45) is 1.61. The van der Waals surface area contributed by atoms with E-state index < -0.39 is 0 Å². The Balaban J connectivity index is 2.03.